The van der Waals surface area contributed by atoms with Gasteiger partial charge in [0.25, 0.3) is 0 Å². The van der Waals surface area contributed by atoms with Crippen molar-refractivity contribution in [2.24, 2.45) is 0 Å². The first-order valence-corrected chi connectivity index (χ1v) is 5.26. The Morgan fingerprint density at radius 2 is 2.12 bits per heavy atom. The molecular formula is C12H9FN2O2. The lowest BCUT2D eigenvalue weighted by molar-refractivity contribution is -0.125. The number of hydrogen-bond donors (Lipinski definition) is 2. The molecule has 1 aromatic heterocycles. The van der Waals surface area contributed by atoms with Crippen molar-refractivity contribution in [3.8, 4) is 0 Å². The number of benzene rings is 1. The maximum atomic E-state index is 13.7. The Morgan fingerprint density at radius 3 is 2.82 bits per heavy atom. The van der Waals surface area contributed by atoms with Gasteiger partial charge in [0.05, 0.1) is 5.92 Å². The van der Waals surface area contributed by atoms with Crippen LogP contribution in [0.25, 0.3) is 10.9 Å². The molecule has 1 aromatic carbocycles. The van der Waals surface area contributed by atoms with E-state index in [0.717, 1.165) is 0 Å². The zero-order valence-corrected chi connectivity index (χ0v) is 8.79. The molecule has 17 heavy (non-hydrogen) atoms. The van der Waals surface area contributed by atoms with Gasteiger partial charge in [-0.15, -0.1) is 0 Å². The number of hydrogen-bond acceptors (Lipinski definition) is 2. The summed E-state index contributed by atoms with van der Waals surface area (Å²) in [6.07, 6.45) is 1.68. The third kappa shape index (κ3) is 1.43. The van der Waals surface area contributed by atoms with Gasteiger partial charge in [-0.3, -0.25) is 14.9 Å². The highest BCUT2D eigenvalue weighted by molar-refractivity contribution is 6.07. The van der Waals surface area contributed by atoms with Gasteiger partial charge in [0, 0.05) is 23.5 Å². The second-order valence-corrected chi connectivity index (χ2v) is 4.08. The molecular weight excluding hydrogens is 223 g/mol. The number of imide groups is 1. The zero-order valence-electron chi connectivity index (χ0n) is 8.79. The van der Waals surface area contributed by atoms with Gasteiger partial charge in [0.2, 0.25) is 11.8 Å². The van der Waals surface area contributed by atoms with Crippen LogP contribution < -0.4 is 5.32 Å². The molecule has 1 fully saturated rings. The summed E-state index contributed by atoms with van der Waals surface area (Å²) in [5.41, 5.74) is 1.17. The minimum Gasteiger partial charge on any atom is -0.361 e. The van der Waals surface area contributed by atoms with E-state index in [1.165, 1.54) is 6.07 Å². The fourth-order valence-corrected chi connectivity index (χ4v) is 2.25. The lowest BCUT2D eigenvalue weighted by atomic mass is 9.97. The summed E-state index contributed by atoms with van der Waals surface area (Å²) >= 11 is 0. The molecule has 0 spiro atoms. The fraction of sp³-hybridized carbons (Fsp3) is 0.167. The Bertz CT molecular complexity index is 632. The lowest BCUT2D eigenvalue weighted by Gasteiger charge is -2.04. The van der Waals surface area contributed by atoms with Gasteiger partial charge in [0.1, 0.15) is 5.82 Å². The van der Waals surface area contributed by atoms with Crippen molar-refractivity contribution in [3.63, 3.8) is 0 Å². The van der Waals surface area contributed by atoms with Crippen molar-refractivity contribution in [2.75, 3.05) is 0 Å². The number of rotatable bonds is 1. The number of amides is 2. The predicted molar refractivity (Wildman–Crippen MR) is 58.8 cm³/mol. The Hall–Kier alpha value is -2.17. The molecule has 1 unspecified atom stereocenters. The molecule has 1 aliphatic rings. The molecule has 0 aliphatic carbocycles. The first-order valence-electron chi connectivity index (χ1n) is 5.26. The van der Waals surface area contributed by atoms with Crippen molar-refractivity contribution >= 4 is 22.7 Å². The molecule has 1 aliphatic heterocycles. The van der Waals surface area contributed by atoms with E-state index < -0.39 is 5.92 Å². The largest absolute Gasteiger partial charge is 0.361 e. The van der Waals surface area contributed by atoms with Crippen LogP contribution in [0.5, 0.6) is 0 Å². The first-order chi connectivity index (χ1) is 8.16. The van der Waals surface area contributed by atoms with E-state index in [1.54, 1.807) is 18.3 Å². The topological polar surface area (TPSA) is 62.0 Å². The van der Waals surface area contributed by atoms with Crippen LogP contribution in [-0.2, 0) is 9.59 Å². The number of fused-ring (bicyclic) bond motifs is 1. The maximum absolute atomic E-state index is 13.7. The van der Waals surface area contributed by atoms with E-state index in [1.807, 2.05) is 0 Å². The summed E-state index contributed by atoms with van der Waals surface area (Å²) < 4.78 is 13.7. The van der Waals surface area contributed by atoms with Gasteiger partial charge >= 0.3 is 0 Å². The average molecular weight is 232 g/mol. The number of H-pyrrole nitrogens is 1. The summed E-state index contributed by atoms with van der Waals surface area (Å²) in [5.74, 6) is -1.65. The van der Waals surface area contributed by atoms with Crippen LogP contribution in [0.15, 0.2) is 24.4 Å². The smallest absolute Gasteiger partial charge is 0.234 e. The molecule has 5 heteroatoms. The highest BCUT2D eigenvalue weighted by Crippen LogP contribution is 2.32. The number of carbonyl (C=O) groups excluding carboxylic acids is 2. The Balaban J connectivity index is 2.18. The quantitative estimate of drug-likeness (QED) is 0.731. The van der Waals surface area contributed by atoms with Crippen LogP contribution in [-0.4, -0.2) is 16.8 Å². The molecule has 2 N–H and O–H groups in total. The molecule has 2 aromatic rings. The Kier molecular flexibility index (Phi) is 2.01. The van der Waals surface area contributed by atoms with Gasteiger partial charge in [-0.1, -0.05) is 6.07 Å². The number of aromatic nitrogens is 1. The van der Waals surface area contributed by atoms with E-state index in [-0.39, 0.29) is 24.1 Å². The molecule has 0 saturated carbocycles. The molecule has 1 saturated heterocycles. The van der Waals surface area contributed by atoms with E-state index >= 15 is 0 Å². The summed E-state index contributed by atoms with van der Waals surface area (Å²) in [6, 6.07) is 4.67. The highest BCUT2D eigenvalue weighted by Gasteiger charge is 2.33. The minimum absolute atomic E-state index is 0.0835. The fourth-order valence-electron chi connectivity index (χ4n) is 2.25. The van der Waals surface area contributed by atoms with Crippen molar-refractivity contribution < 1.29 is 14.0 Å². The molecule has 1 atom stereocenters. The highest BCUT2D eigenvalue weighted by atomic mass is 19.1. The lowest BCUT2D eigenvalue weighted by Crippen LogP contribution is -2.21. The van der Waals surface area contributed by atoms with Crippen molar-refractivity contribution in [1.82, 2.24) is 10.3 Å². The first kappa shape index (κ1) is 10.0. The maximum Gasteiger partial charge on any atom is 0.234 e. The van der Waals surface area contributed by atoms with Gasteiger partial charge in [-0.2, -0.15) is 0 Å². The summed E-state index contributed by atoms with van der Waals surface area (Å²) in [5, 5.41) is 2.62. The number of nitrogens with one attached hydrogen (secondary N) is 2. The van der Waals surface area contributed by atoms with Crippen LogP contribution in [0.3, 0.4) is 0 Å². The normalized spacial score (nSPS) is 19.9. The summed E-state index contributed by atoms with van der Waals surface area (Å²) in [4.78, 5) is 25.6. The van der Waals surface area contributed by atoms with Crippen LogP contribution >= 0.6 is 0 Å². The van der Waals surface area contributed by atoms with E-state index in [0.29, 0.717) is 16.5 Å². The molecule has 86 valence electrons. The van der Waals surface area contributed by atoms with Crippen molar-refractivity contribution in [3.05, 3.63) is 35.8 Å². The van der Waals surface area contributed by atoms with E-state index in [9.17, 15) is 14.0 Å². The van der Waals surface area contributed by atoms with Crippen LogP contribution in [0, 0.1) is 5.82 Å². The molecule has 0 bridgehead atoms. The number of halogens is 1. The second kappa shape index (κ2) is 3.41. The molecule has 0 radical (unpaired) electrons. The van der Waals surface area contributed by atoms with Gasteiger partial charge in [-0.25, -0.2) is 4.39 Å². The molecule has 2 heterocycles. The molecule has 3 rings (SSSR count). The minimum atomic E-state index is -0.590. The van der Waals surface area contributed by atoms with Crippen molar-refractivity contribution in [2.45, 2.75) is 12.3 Å². The van der Waals surface area contributed by atoms with Gasteiger partial charge in [0.15, 0.2) is 0 Å². The Morgan fingerprint density at radius 1 is 1.29 bits per heavy atom. The predicted octanol–water partition coefficient (Wildman–Crippen LogP) is 1.44. The van der Waals surface area contributed by atoms with Crippen molar-refractivity contribution in [1.29, 1.82) is 0 Å². The number of carbonyl (C=O) groups is 2. The summed E-state index contributed by atoms with van der Waals surface area (Å²) in [6.45, 7) is 0. The standard InChI is InChI=1S/C12H9FN2O2/c13-8-2-1-3-9-11(8)7(5-14-9)6-4-10(16)15-12(6)17/h1-3,5-6,14H,4H2,(H,15,16,17). The third-order valence-corrected chi connectivity index (χ3v) is 3.03. The Labute approximate surface area is 95.8 Å². The van der Waals surface area contributed by atoms with E-state index in [4.69, 9.17) is 0 Å². The van der Waals surface area contributed by atoms with Crippen LogP contribution in [0.1, 0.15) is 17.9 Å². The second-order valence-electron chi connectivity index (χ2n) is 4.08. The monoisotopic (exact) mass is 232 g/mol. The molecule has 4 nitrogen and oxygen atoms in total. The SMILES string of the molecule is O=C1CC(c2c[nH]c3cccc(F)c23)C(=O)N1. The zero-order chi connectivity index (χ0) is 12.0. The molecule has 2 amide bonds. The van der Waals surface area contributed by atoms with Gasteiger partial charge < -0.3 is 4.98 Å². The number of aromatic amines is 1. The van der Waals surface area contributed by atoms with Crippen LogP contribution in [0.4, 0.5) is 4.39 Å². The summed E-state index contributed by atoms with van der Waals surface area (Å²) in [7, 11) is 0. The van der Waals surface area contributed by atoms with Crippen LogP contribution in [0.2, 0.25) is 0 Å². The van der Waals surface area contributed by atoms with E-state index in [2.05, 4.69) is 10.3 Å². The third-order valence-electron chi connectivity index (χ3n) is 3.03. The van der Waals surface area contributed by atoms with Gasteiger partial charge in [-0.05, 0) is 17.7 Å². The average Bonchev–Trinajstić information content (AvgIpc) is 2.83.